The lowest BCUT2D eigenvalue weighted by Crippen LogP contribution is -2.22. The van der Waals surface area contributed by atoms with Crippen molar-refractivity contribution in [2.24, 2.45) is 11.7 Å². The molecule has 2 rings (SSSR count). The topological polar surface area (TPSA) is 35.2 Å². The number of hydrogen-bond donors (Lipinski definition) is 1. The first-order valence-electron chi connectivity index (χ1n) is 5.45. The van der Waals surface area contributed by atoms with Gasteiger partial charge in [-0.1, -0.05) is 11.6 Å². The minimum atomic E-state index is -0.267. The lowest BCUT2D eigenvalue weighted by atomic mass is 9.85. The monoisotopic (exact) mass is 243 g/mol. The molecule has 0 bridgehead atoms. The van der Waals surface area contributed by atoms with Crippen molar-refractivity contribution in [3.63, 3.8) is 0 Å². The Balaban J connectivity index is 2.28. The van der Waals surface area contributed by atoms with Crippen LogP contribution in [0.5, 0.6) is 0 Å². The number of hydrogen-bond acceptors (Lipinski definition) is 2. The van der Waals surface area contributed by atoms with E-state index >= 15 is 0 Å². The van der Waals surface area contributed by atoms with E-state index in [9.17, 15) is 4.39 Å². The predicted molar refractivity (Wildman–Crippen MR) is 62.1 cm³/mol. The van der Waals surface area contributed by atoms with Gasteiger partial charge in [-0.3, -0.25) is 0 Å². The van der Waals surface area contributed by atoms with Crippen molar-refractivity contribution in [1.29, 1.82) is 0 Å². The lowest BCUT2D eigenvalue weighted by Gasteiger charge is -2.22. The molecule has 2 N–H and O–H groups in total. The summed E-state index contributed by atoms with van der Waals surface area (Å²) >= 11 is 6.09. The van der Waals surface area contributed by atoms with Crippen molar-refractivity contribution in [1.82, 2.24) is 0 Å². The van der Waals surface area contributed by atoms with Crippen molar-refractivity contribution < 1.29 is 9.13 Å². The summed E-state index contributed by atoms with van der Waals surface area (Å²) in [5.41, 5.74) is 6.57. The third-order valence-corrected chi connectivity index (χ3v) is 3.49. The predicted octanol–water partition coefficient (Wildman–Crippen LogP) is 2.56. The van der Waals surface area contributed by atoms with Crippen LogP contribution in [0.1, 0.15) is 17.9 Å². The maximum Gasteiger partial charge on any atom is 0.123 e. The maximum atomic E-state index is 13.2. The fraction of sp³-hybridized carbons (Fsp3) is 0.500. The van der Waals surface area contributed by atoms with Gasteiger partial charge in [0.05, 0.1) is 6.61 Å². The summed E-state index contributed by atoms with van der Waals surface area (Å²) < 4.78 is 18.5. The Morgan fingerprint density at radius 2 is 2.38 bits per heavy atom. The molecule has 0 radical (unpaired) electrons. The Morgan fingerprint density at radius 1 is 1.56 bits per heavy atom. The molecule has 2 atom stereocenters. The molecule has 0 spiro atoms. The van der Waals surface area contributed by atoms with Crippen molar-refractivity contribution in [3.05, 3.63) is 34.6 Å². The van der Waals surface area contributed by atoms with Gasteiger partial charge in [0.15, 0.2) is 0 Å². The zero-order chi connectivity index (χ0) is 11.5. The number of halogens is 2. The minimum Gasteiger partial charge on any atom is -0.381 e. The van der Waals surface area contributed by atoms with Crippen molar-refractivity contribution in [2.45, 2.75) is 12.3 Å². The van der Waals surface area contributed by atoms with E-state index in [1.807, 2.05) is 0 Å². The van der Waals surface area contributed by atoms with E-state index in [2.05, 4.69) is 0 Å². The number of benzene rings is 1. The van der Waals surface area contributed by atoms with Crippen molar-refractivity contribution in [3.8, 4) is 0 Å². The molecule has 4 heteroatoms. The standard InChI is InChI=1S/C12H15ClFNO/c13-12-2-1-9(14)5-10(12)11(6-15)8-3-4-16-7-8/h1-2,5,8,11H,3-4,6-7,15H2. The molecule has 1 heterocycles. The highest BCUT2D eigenvalue weighted by molar-refractivity contribution is 6.31. The van der Waals surface area contributed by atoms with Crippen LogP contribution >= 0.6 is 11.6 Å². The van der Waals surface area contributed by atoms with Crippen molar-refractivity contribution in [2.75, 3.05) is 19.8 Å². The van der Waals surface area contributed by atoms with Crippen LogP contribution in [0, 0.1) is 11.7 Å². The highest BCUT2D eigenvalue weighted by Gasteiger charge is 2.27. The SMILES string of the molecule is NCC(c1cc(F)ccc1Cl)C1CCOC1. The van der Waals surface area contributed by atoms with E-state index in [-0.39, 0.29) is 11.7 Å². The molecular weight excluding hydrogens is 229 g/mol. The first-order chi connectivity index (χ1) is 7.72. The maximum absolute atomic E-state index is 13.2. The van der Waals surface area contributed by atoms with Gasteiger partial charge in [0.1, 0.15) is 5.82 Å². The smallest absolute Gasteiger partial charge is 0.123 e. The molecule has 1 saturated heterocycles. The molecule has 1 aromatic carbocycles. The number of rotatable bonds is 3. The van der Waals surface area contributed by atoms with Crippen LogP contribution in [0.15, 0.2) is 18.2 Å². The molecule has 1 fully saturated rings. The van der Waals surface area contributed by atoms with Crippen molar-refractivity contribution >= 4 is 11.6 Å². The molecule has 1 aromatic rings. The molecule has 0 amide bonds. The van der Waals surface area contributed by atoms with Crippen LogP contribution in [0.25, 0.3) is 0 Å². The third-order valence-electron chi connectivity index (χ3n) is 3.15. The van der Waals surface area contributed by atoms with Crippen LogP contribution in [-0.2, 0) is 4.74 Å². The Kier molecular flexibility index (Phi) is 3.79. The highest BCUT2D eigenvalue weighted by Crippen LogP contribution is 2.34. The van der Waals surface area contributed by atoms with Crippen LogP contribution in [0.2, 0.25) is 5.02 Å². The van der Waals surface area contributed by atoms with E-state index < -0.39 is 0 Å². The second kappa shape index (κ2) is 5.13. The summed E-state index contributed by atoms with van der Waals surface area (Å²) in [6.07, 6.45) is 0.967. The molecule has 1 aliphatic rings. The van der Waals surface area contributed by atoms with Crippen LogP contribution in [0.4, 0.5) is 4.39 Å². The molecule has 0 saturated carbocycles. The van der Waals surface area contributed by atoms with Gasteiger partial charge in [0, 0.05) is 17.5 Å². The van der Waals surface area contributed by atoms with E-state index in [1.165, 1.54) is 12.1 Å². The van der Waals surface area contributed by atoms with Crippen LogP contribution < -0.4 is 5.73 Å². The third kappa shape index (κ3) is 2.37. The Bertz CT molecular complexity index is 366. The second-order valence-electron chi connectivity index (χ2n) is 4.13. The van der Waals surface area contributed by atoms with Gasteiger partial charge < -0.3 is 10.5 Å². The van der Waals surface area contributed by atoms with Gasteiger partial charge in [-0.25, -0.2) is 4.39 Å². The molecule has 1 aliphatic heterocycles. The van der Waals surface area contributed by atoms with E-state index in [0.717, 1.165) is 18.6 Å². The van der Waals surface area contributed by atoms with E-state index in [4.69, 9.17) is 22.1 Å². The largest absolute Gasteiger partial charge is 0.381 e. The molecule has 16 heavy (non-hydrogen) atoms. The molecule has 0 aromatic heterocycles. The zero-order valence-corrected chi connectivity index (χ0v) is 9.71. The first kappa shape index (κ1) is 11.8. The second-order valence-corrected chi connectivity index (χ2v) is 4.54. The lowest BCUT2D eigenvalue weighted by molar-refractivity contribution is 0.181. The molecule has 2 unspecified atom stereocenters. The average Bonchev–Trinajstić information content (AvgIpc) is 2.78. The fourth-order valence-electron chi connectivity index (χ4n) is 2.24. The number of ether oxygens (including phenoxy) is 1. The zero-order valence-electron chi connectivity index (χ0n) is 8.96. The fourth-order valence-corrected chi connectivity index (χ4v) is 2.50. The minimum absolute atomic E-state index is 0.0886. The molecular formula is C12H15ClFNO. The van der Waals surface area contributed by atoms with Gasteiger partial charge in [-0.2, -0.15) is 0 Å². The Hall–Kier alpha value is -0.640. The molecule has 0 aliphatic carbocycles. The number of nitrogens with two attached hydrogens (primary N) is 1. The van der Waals surface area contributed by atoms with Gasteiger partial charge in [-0.05, 0) is 42.6 Å². The van der Waals surface area contributed by atoms with Crippen LogP contribution in [-0.4, -0.2) is 19.8 Å². The highest BCUT2D eigenvalue weighted by atomic mass is 35.5. The van der Waals surface area contributed by atoms with Gasteiger partial charge in [-0.15, -0.1) is 0 Å². The average molecular weight is 244 g/mol. The van der Waals surface area contributed by atoms with Gasteiger partial charge >= 0.3 is 0 Å². The van der Waals surface area contributed by atoms with Crippen LogP contribution in [0.3, 0.4) is 0 Å². The Morgan fingerprint density at radius 3 is 3.00 bits per heavy atom. The van der Waals surface area contributed by atoms with Gasteiger partial charge in [0.2, 0.25) is 0 Å². The summed E-state index contributed by atoms with van der Waals surface area (Å²) in [5, 5.41) is 0.587. The summed E-state index contributed by atoms with van der Waals surface area (Å²) in [6, 6.07) is 4.44. The summed E-state index contributed by atoms with van der Waals surface area (Å²) in [7, 11) is 0. The summed E-state index contributed by atoms with van der Waals surface area (Å²) in [5.74, 6) is 0.173. The molecule has 88 valence electrons. The quantitative estimate of drug-likeness (QED) is 0.886. The van der Waals surface area contributed by atoms with E-state index in [0.29, 0.717) is 24.1 Å². The summed E-state index contributed by atoms with van der Waals surface area (Å²) in [6.45, 7) is 1.92. The first-order valence-corrected chi connectivity index (χ1v) is 5.83. The Labute approximate surface area is 99.5 Å². The van der Waals surface area contributed by atoms with Gasteiger partial charge in [0.25, 0.3) is 0 Å². The van der Waals surface area contributed by atoms with E-state index in [1.54, 1.807) is 6.07 Å². The normalized spacial score (nSPS) is 22.3. The molecule has 2 nitrogen and oxygen atoms in total. The summed E-state index contributed by atoms with van der Waals surface area (Å²) in [4.78, 5) is 0.